The topological polar surface area (TPSA) is 0 Å². The van der Waals surface area contributed by atoms with Crippen molar-refractivity contribution in [1.82, 2.24) is 0 Å². The lowest BCUT2D eigenvalue weighted by molar-refractivity contribution is 0.298. The van der Waals surface area contributed by atoms with Gasteiger partial charge >= 0.3 is 0 Å². The first kappa shape index (κ1) is 22.2. The fourth-order valence-electron chi connectivity index (χ4n) is 1.88. The summed E-state index contributed by atoms with van der Waals surface area (Å²) in [6, 6.07) is 0. The van der Waals surface area contributed by atoms with E-state index in [2.05, 4.69) is 48.5 Å². The lowest BCUT2D eigenvalue weighted by Crippen LogP contribution is -2.10. The molecular formula is C17H40. The minimum Gasteiger partial charge on any atom is -0.0683 e. The van der Waals surface area contributed by atoms with E-state index in [1.165, 1.54) is 32.1 Å². The average Bonchev–Trinajstić information content (AvgIpc) is 2.31. The van der Waals surface area contributed by atoms with Crippen LogP contribution in [0.2, 0.25) is 0 Å². The first-order valence-corrected chi connectivity index (χ1v) is 8.03. The van der Waals surface area contributed by atoms with Crippen molar-refractivity contribution in [3.8, 4) is 0 Å². The van der Waals surface area contributed by atoms with Gasteiger partial charge in [0.15, 0.2) is 0 Å². The van der Waals surface area contributed by atoms with E-state index in [4.69, 9.17) is 0 Å². The van der Waals surface area contributed by atoms with Crippen LogP contribution >= 0.6 is 0 Å². The molecule has 17 heavy (non-hydrogen) atoms. The summed E-state index contributed by atoms with van der Waals surface area (Å²) in [6.45, 7) is 20.0. The van der Waals surface area contributed by atoms with Gasteiger partial charge in [0.05, 0.1) is 0 Å². The summed E-state index contributed by atoms with van der Waals surface area (Å²) in [4.78, 5) is 0. The number of hydrogen-bond acceptors (Lipinski definition) is 0. The highest BCUT2D eigenvalue weighted by Gasteiger charge is 2.13. The van der Waals surface area contributed by atoms with Crippen LogP contribution in [0, 0.1) is 17.8 Å². The zero-order chi connectivity index (χ0) is 14.3. The Hall–Kier alpha value is 0. The third-order valence-corrected chi connectivity index (χ3v) is 3.17. The highest BCUT2D eigenvalue weighted by molar-refractivity contribution is 4.64. The summed E-state index contributed by atoms with van der Waals surface area (Å²) >= 11 is 0. The zero-order valence-electron chi connectivity index (χ0n) is 14.3. The van der Waals surface area contributed by atoms with Gasteiger partial charge in [0.2, 0.25) is 0 Å². The lowest BCUT2D eigenvalue weighted by atomic mass is 9.85. The second kappa shape index (κ2) is 18.4. The molecule has 0 N–H and O–H groups in total. The molecule has 0 rings (SSSR count). The van der Waals surface area contributed by atoms with Crippen LogP contribution in [0.3, 0.4) is 0 Å². The molecule has 0 heteroatoms. The molecule has 0 aliphatic rings. The summed E-state index contributed by atoms with van der Waals surface area (Å²) < 4.78 is 0. The summed E-state index contributed by atoms with van der Waals surface area (Å²) in [5.74, 6) is 2.75. The van der Waals surface area contributed by atoms with Crippen LogP contribution in [0.1, 0.15) is 94.4 Å². The van der Waals surface area contributed by atoms with Crippen molar-refractivity contribution in [2.75, 3.05) is 0 Å². The maximum atomic E-state index is 2.40. The van der Waals surface area contributed by atoms with Gasteiger partial charge < -0.3 is 0 Å². The second-order valence-corrected chi connectivity index (χ2v) is 5.20. The maximum absolute atomic E-state index is 2.40. The number of rotatable bonds is 6. The first-order chi connectivity index (χ1) is 8.03. The van der Waals surface area contributed by atoms with E-state index in [1.54, 1.807) is 0 Å². The van der Waals surface area contributed by atoms with E-state index in [-0.39, 0.29) is 0 Å². The van der Waals surface area contributed by atoms with E-state index < -0.39 is 0 Å². The largest absolute Gasteiger partial charge is 0.0683 e. The Morgan fingerprint density at radius 1 is 0.765 bits per heavy atom. The summed E-state index contributed by atoms with van der Waals surface area (Å²) in [5, 5.41) is 0. The van der Waals surface area contributed by atoms with Gasteiger partial charge in [-0.1, -0.05) is 88.0 Å². The van der Waals surface area contributed by atoms with Crippen LogP contribution in [-0.4, -0.2) is 0 Å². The molecule has 0 saturated carbocycles. The average molecular weight is 245 g/mol. The minimum atomic E-state index is 0.907. The predicted molar refractivity (Wildman–Crippen MR) is 84.6 cm³/mol. The van der Waals surface area contributed by atoms with E-state index in [0.29, 0.717) is 0 Å². The molecule has 0 aromatic heterocycles. The normalized spacial score (nSPS) is 14.6. The zero-order valence-corrected chi connectivity index (χ0v) is 14.3. The Morgan fingerprint density at radius 3 is 1.47 bits per heavy atom. The molecule has 1 unspecified atom stereocenters. The molecule has 0 aliphatic carbocycles. The van der Waals surface area contributed by atoms with Gasteiger partial charge in [-0.25, -0.2) is 0 Å². The SMILES string of the molecule is CC.CCC.CCC[C@H](C)CC(C)[C@H](C)CC. The highest BCUT2D eigenvalue weighted by Crippen LogP contribution is 2.24. The molecule has 0 saturated heterocycles. The third kappa shape index (κ3) is 18.6. The molecule has 108 valence electrons. The van der Waals surface area contributed by atoms with Gasteiger partial charge in [0, 0.05) is 0 Å². The Labute approximate surface area is 113 Å². The fraction of sp³-hybridized carbons (Fsp3) is 1.00. The van der Waals surface area contributed by atoms with Crippen molar-refractivity contribution in [3.05, 3.63) is 0 Å². The van der Waals surface area contributed by atoms with Gasteiger partial charge in [0.25, 0.3) is 0 Å². The Bertz CT molecular complexity index is 107. The molecule has 0 spiro atoms. The molecule has 0 aliphatic heterocycles. The van der Waals surface area contributed by atoms with E-state index in [9.17, 15) is 0 Å². The van der Waals surface area contributed by atoms with E-state index >= 15 is 0 Å². The van der Waals surface area contributed by atoms with Crippen LogP contribution in [0.25, 0.3) is 0 Å². The Morgan fingerprint density at radius 2 is 1.18 bits per heavy atom. The molecule has 0 aromatic carbocycles. The van der Waals surface area contributed by atoms with Crippen LogP contribution in [0.15, 0.2) is 0 Å². The van der Waals surface area contributed by atoms with Crippen molar-refractivity contribution in [1.29, 1.82) is 0 Å². The minimum absolute atomic E-state index is 0.907. The molecule has 0 bridgehead atoms. The van der Waals surface area contributed by atoms with E-state index in [1.807, 2.05) is 13.8 Å². The molecule has 0 heterocycles. The second-order valence-electron chi connectivity index (χ2n) is 5.20. The predicted octanol–water partition coefficient (Wildman–Crippen LogP) is 6.94. The molecule has 3 atom stereocenters. The standard InChI is InChI=1S/C12H26.C3H8.C2H6/c1-6-8-10(3)9-12(5)11(4)7-2;1-3-2;1-2/h10-12H,6-9H2,1-5H3;3H2,1-2H3;1-2H3/t10-,11+,12?;;/m0../s1. The molecule has 0 aromatic rings. The molecule has 0 fully saturated rings. The Balaban J connectivity index is -0.000000337. The lowest BCUT2D eigenvalue weighted by Gasteiger charge is -2.21. The van der Waals surface area contributed by atoms with Gasteiger partial charge in [-0.05, 0) is 24.2 Å². The summed E-state index contributed by atoms with van der Waals surface area (Å²) in [7, 11) is 0. The van der Waals surface area contributed by atoms with Crippen molar-refractivity contribution >= 4 is 0 Å². The molecule has 0 radical (unpaired) electrons. The molecule has 0 nitrogen and oxygen atoms in total. The van der Waals surface area contributed by atoms with Crippen molar-refractivity contribution in [2.45, 2.75) is 94.4 Å². The van der Waals surface area contributed by atoms with Gasteiger partial charge in [-0.3, -0.25) is 0 Å². The van der Waals surface area contributed by atoms with Gasteiger partial charge in [0.1, 0.15) is 0 Å². The quantitative estimate of drug-likeness (QED) is 0.475. The summed E-state index contributed by atoms with van der Waals surface area (Å²) in [6.07, 6.45) is 6.75. The van der Waals surface area contributed by atoms with Gasteiger partial charge in [-0.2, -0.15) is 0 Å². The molecular weight excluding hydrogens is 204 g/mol. The smallest absolute Gasteiger partial charge is 0.0415 e. The van der Waals surface area contributed by atoms with Gasteiger partial charge in [-0.15, -0.1) is 0 Å². The van der Waals surface area contributed by atoms with Crippen LogP contribution in [0.5, 0.6) is 0 Å². The van der Waals surface area contributed by atoms with Crippen molar-refractivity contribution in [2.24, 2.45) is 17.8 Å². The first-order valence-electron chi connectivity index (χ1n) is 8.03. The summed E-state index contributed by atoms with van der Waals surface area (Å²) in [5.41, 5.74) is 0. The monoisotopic (exact) mass is 244 g/mol. The van der Waals surface area contributed by atoms with Crippen LogP contribution in [0.4, 0.5) is 0 Å². The third-order valence-electron chi connectivity index (χ3n) is 3.17. The Kier molecular flexibility index (Phi) is 24.0. The van der Waals surface area contributed by atoms with Crippen molar-refractivity contribution < 1.29 is 0 Å². The number of hydrogen-bond donors (Lipinski definition) is 0. The van der Waals surface area contributed by atoms with Crippen molar-refractivity contribution in [3.63, 3.8) is 0 Å². The highest BCUT2D eigenvalue weighted by atomic mass is 14.2. The maximum Gasteiger partial charge on any atom is -0.0415 e. The fourth-order valence-corrected chi connectivity index (χ4v) is 1.88. The molecule has 0 amide bonds. The van der Waals surface area contributed by atoms with Crippen LogP contribution < -0.4 is 0 Å². The van der Waals surface area contributed by atoms with E-state index in [0.717, 1.165) is 17.8 Å². The van der Waals surface area contributed by atoms with Crippen LogP contribution in [-0.2, 0) is 0 Å².